The molecule has 0 aromatic heterocycles. The Bertz CT molecular complexity index is 490. The normalized spacial score (nSPS) is 33.3. The molecular formula is C21H34O4. The quantitative estimate of drug-likeness (QED) is 0.481. The lowest BCUT2D eigenvalue weighted by atomic mass is 9.68. The van der Waals surface area contributed by atoms with Gasteiger partial charge in [-0.05, 0) is 31.1 Å². The summed E-state index contributed by atoms with van der Waals surface area (Å²) in [5.74, 6) is -0.769. The van der Waals surface area contributed by atoms with Gasteiger partial charge in [-0.25, -0.2) is 0 Å². The van der Waals surface area contributed by atoms with Gasteiger partial charge in [-0.15, -0.1) is 0 Å². The van der Waals surface area contributed by atoms with E-state index in [4.69, 9.17) is 9.47 Å². The molecule has 4 unspecified atom stereocenters. The molecule has 4 atom stereocenters. The highest BCUT2D eigenvalue weighted by Gasteiger charge is 2.66. The lowest BCUT2D eigenvalue weighted by molar-refractivity contribution is -0.166. The molecule has 0 aliphatic heterocycles. The number of esters is 2. The number of rotatable bonds is 8. The van der Waals surface area contributed by atoms with E-state index < -0.39 is 11.8 Å². The topological polar surface area (TPSA) is 52.6 Å². The molecule has 0 saturated heterocycles. The van der Waals surface area contributed by atoms with Crippen molar-refractivity contribution in [2.75, 3.05) is 13.2 Å². The van der Waals surface area contributed by atoms with Crippen molar-refractivity contribution >= 4 is 11.9 Å². The molecule has 2 aliphatic carbocycles. The van der Waals surface area contributed by atoms with E-state index in [1.165, 1.54) is 0 Å². The van der Waals surface area contributed by atoms with Gasteiger partial charge in [0.1, 0.15) is 0 Å². The molecule has 0 radical (unpaired) electrons. The second kappa shape index (κ2) is 7.51. The van der Waals surface area contributed by atoms with Crippen LogP contribution >= 0.6 is 0 Å². The maximum Gasteiger partial charge on any atom is 0.310 e. The molecule has 4 nitrogen and oxygen atoms in total. The van der Waals surface area contributed by atoms with E-state index in [-0.39, 0.29) is 34.6 Å². The van der Waals surface area contributed by atoms with Crippen LogP contribution in [-0.2, 0) is 19.1 Å². The van der Waals surface area contributed by atoms with E-state index in [0.29, 0.717) is 13.2 Å². The first-order chi connectivity index (χ1) is 11.7. The van der Waals surface area contributed by atoms with Crippen LogP contribution in [0.4, 0.5) is 0 Å². The Labute approximate surface area is 152 Å². The summed E-state index contributed by atoms with van der Waals surface area (Å²) in [5, 5.41) is 0. The molecule has 0 aromatic rings. The third-order valence-corrected chi connectivity index (χ3v) is 5.92. The van der Waals surface area contributed by atoms with Gasteiger partial charge in [-0.2, -0.15) is 0 Å². The number of ether oxygens (including phenoxy) is 2. The first-order valence-electron chi connectivity index (χ1n) is 9.75. The highest BCUT2D eigenvalue weighted by atomic mass is 16.5. The maximum atomic E-state index is 13.0. The predicted octanol–water partition coefficient (Wildman–Crippen LogP) is 4.38. The summed E-state index contributed by atoms with van der Waals surface area (Å²) in [6.45, 7) is 13.1. The molecule has 2 rings (SSSR count). The first kappa shape index (κ1) is 20.0. The molecule has 0 heterocycles. The minimum atomic E-state index is -0.430. The summed E-state index contributed by atoms with van der Waals surface area (Å²) in [4.78, 5) is 25.9. The fourth-order valence-corrected chi connectivity index (χ4v) is 4.50. The average Bonchev–Trinajstić information content (AvgIpc) is 3.10. The van der Waals surface area contributed by atoms with Crippen LogP contribution in [0.3, 0.4) is 0 Å². The fourth-order valence-electron chi connectivity index (χ4n) is 4.50. The summed E-state index contributed by atoms with van der Waals surface area (Å²) in [6.07, 6.45) is 6.85. The van der Waals surface area contributed by atoms with Crippen LogP contribution < -0.4 is 0 Å². The molecule has 1 fully saturated rings. The van der Waals surface area contributed by atoms with Gasteiger partial charge in [0.2, 0.25) is 0 Å². The van der Waals surface area contributed by atoms with Gasteiger partial charge in [-0.1, -0.05) is 53.7 Å². The molecule has 25 heavy (non-hydrogen) atoms. The molecule has 0 aromatic carbocycles. The van der Waals surface area contributed by atoms with Crippen LogP contribution in [0.15, 0.2) is 12.2 Å². The van der Waals surface area contributed by atoms with Crippen molar-refractivity contribution in [2.24, 2.45) is 34.5 Å². The van der Waals surface area contributed by atoms with Crippen molar-refractivity contribution in [3.05, 3.63) is 12.2 Å². The molecule has 0 spiro atoms. The predicted molar refractivity (Wildman–Crippen MR) is 97.8 cm³/mol. The molecule has 0 N–H and O–H groups in total. The van der Waals surface area contributed by atoms with Crippen LogP contribution in [0.5, 0.6) is 0 Å². The van der Waals surface area contributed by atoms with Crippen LogP contribution in [0.2, 0.25) is 0 Å². The van der Waals surface area contributed by atoms with E-state index in [0.717, 1.165) is 19.3 Å². The molecular weight excluding hydrogens is 316 g/mol. The second-order valence-corrected chi connectivity index (χ2v) is 8.69. The van der Waals surface area contributed by atoms with Gasteiger partial charge in [0.25, 0.3) is 0 Å². The van der Waals surface area contributed by atoms with Crippen molar-refractivity contribution in [2.45, 2.75) is 60.8 Å². The Morgan fingerprint density at radius 2 is 1.24 bits per heavy atom. The monoisotopic (exact) mass is 350 g/mol. The van der Waals surface area contributed by atoms with Crippen molar-refractivity contribution in [1.29, 1.82) is 0 Å². The van der Waals surface area contributed by atoms with Gasteiger partial charge in [0.05, 0.1) is 25.0 Å². The molecule has 1 saturated carbocycles. The SMILES string of the molecule is CCC12C=CC(CC)(C1)C(C(=O)OCC(C)C)C2C(=O)OCC(C)C. The fraction of sp³-hybridized carbons (Fsp3) is 0.810. The zero-order valence-electron chi connectivity index (χ0n) is 16.6. The van der Waals surface area contributed by atoms with E-state index in [1.54, 1.807) is 0 Å². The smallest absolute Gasteiger partial charge is 0.310 e. The third-order valence-electron chi connectivity index (χ3n) is 5.92. The highest BCUT2D eigenvalue weighted by Crippen LogP contribution is 2.66. The number of hydrogen-bond donors (Lipinski definition) is 0. The lowest BCUT2D eigenvalue weighted by Crippen LogP contribution is -2.43. The number of hydrogen-bond acceptors (Lipinski definition) is 4. The minimum Gasteiger partial charge on any atom is -0.465 e. The highest BCUT2D eigenvalue weighted by molar-refractivity contribution is 5.86. The maximum absolute atomic E-state index is 13.0. The average molecular weight is 350 g/mol. The zero-order valence-corrected chi connectivity index (χ0v) is 16.6. The molecule has 4 heteroatoms. The van der Waals surface area contributed by atoms with Gasteiger partial charge < -0.3 is 9.47 Å². The van der Waals surface area contributed by atoms with Crippen LogP contribution in [0.25, 0.3) is 0 Å². The summed E-state index contributed by atoms with van der Waals surface area (Å²) in [7, 11) is 0. The van der Waals surface area contributed by atoms with E-state index >= 15 is 0 Å². The second-order valence-electron chi connectivity index (χ2n) is 8.69. The summed E-state index contributed by atoms with van der Waals surface area (Å²) in [5.41, 5.74) is -0.544. The van der Waals surface area contributed by atoms with Gasteiger partial charge in [0.15, 0.2) is 0 Å². The van der Waals surface area contributed by atoms with Gasteiger partial charge >= 0.3 is 11.9 Å². The largest absolute Gasteiger partial charge is 0.465 e. The first-order valence-corrected chi connectivity index (χ1v) is 9.75. The Kier molecular flexibility index (Phi) is 6.01. The van der Waals surface area contributed by atoms with Crippen molar-refractivity contribution in [3.63, 3.8) is 0 Å². The Morgan fingerprint density at radius 1 is 0.880 bits per heavy atom. The summed E-state index contributed by atoms with van der Waals surface area (Å²) >= 11 is 0. The lowest BCUT2D eigenvalue weighted by Gasteiger charge is -2.36. The summed E-state index contributed by atoms with van der Waals surface area (Å²) < 4.78 is 11.2. The molecule has 142 valence electrons. The number of carbonyl (C=O) groups excluding carboxylic acids is 2. The van der Waals surface area contributed by atoms with Crippen molar-refractivity contribution in [3.8, 4) is 0 Å². The Morgan fingerprint density at radius 3 is 1.52 bits per heavy atom. The van der Waals surface area contributed by atoms with E-state index in [9.17, 15) is 9.59 Å². The number of allylic oxidation sites excluding steroid dienone is 2. The van der Waals surface area contributed by atoms with Crippen LogP contribution in [0, 0.1) is 34.5 Å². The number of fused-ring (bicyclic) bond motifs is 2. The Hall–Kier alpha value is -1.32. The standard InChI is InChI=1S/C21H34O4/c1-7-20-9-10-21(8-2,13-20)17(19(23)25-12-15(5)6)16(20)18(22)24-11-14(3)4/h9-10,14-17H,7-8,11-13H2,1-6H3. The van der Waals surface area contributed by atoms with Gasteiger partial charge in [0, 0.05) is 10.8 Å². The number of carbonyl (C=O) groups is 2. The molecule has 0 amide bonds. The zero-order chi connectivity index (χ0) is 18.8. The van der Waals surface area contributed by atoms with E-state index in [2.05, 4.69) is 26.0 Å². The third kappa shape index (κ3) is 3.63. The van der Waals surface area contributed by atoms with Gasteiger partial charge in [-0.3, -0.25) is 9.59 Å². The summed E-state index contributed by atoms with van der Waals surface area (Å²) in [6, 6.07) is 0. The molecule has 2 aliphatic rings. The van der Waals surface area contributed by atoms with Crippen LogP contribution in [0.1, 0.15) is 60.8 Å². The van der Waals surface area contributed by atoms with Crippen molar-refractivity contribution in [1.82, 2.24) is 0 Å². The van der Waals surface area contributed by atoms with Crippen molar-refractivity contribution < 1.29 is 19.1 Å². The van der Waals surface area contributed by atoms with Crippen LogP contribution in [-0.4, -0.2) is 25.2 Å². The Balaban J connectivity index is 2.32. The molecule has 2 bridgehead atoms. The van der Waals surface area contributed by atoms with E-state index in [1.807, 2.05) is 27.7 Å². The minimum absolute atomic E-state index is 0.235.